The Labute approximate surface area is 184 Å². The molecule has 0 amide bonds. The summed E-state index contributed by atoms with van der Waals surface area (Å²) in [6.07, 6.45) is 15.1. The highest BCUT2D eigenvalue weighted by atomic mass is 16.3. The molecule has 0 aromatic carbocycles. The predicted octanol–water partition coefficient (Wildman–Crippen LogP) is 6.30. The van der Waals surface area contributed by atoms with E-state index in [2.05, 4.69) is 65.8 Å². The van der Waals surface area contributed by atoms with E-state index in [1.807, 2.05) is 0 Å². The van der Waals surface area contributed by atoms with Gasteiger partial charge in [-0.2, -0.15) is 0 Å². The van der Waals surface area contributed by atoms with Crippen LogP contribution in [0.3, 0.4) is 0 Å². The third-order valence-electron chi connectivity index (χ3n) is 10.1. The second-order valence-electron chi connectivity index (χ2n) is 11.9. The molecule has 3 saturated carbocycles. The van der Waals surface area contributed by atoms with Crippen LogP contribution in [0.15, 0.2) is 35.5 Å². The minimum atomic E-state index is -0.429. The van der Waals surface area contributed by atoms with Gasteiger partial charge in [-0.25, -0.2) is 0 Å². The Balaban J connectivity index is 1.59. The fourth-order valence-electron chi connectivity index (χ4n) is 7.66. The number of allylic oxidation sites excluding steroid dienone is 5. The summed E-state index contributed by atoms with van der Waals surface area (Å²) in [4.78, 5) is 0. The molecular formula is C28H44O2. The lowest BCUT2D eigenvalue weighted by atomic mass is 9.49. The highest BCUT2D eigenvalue weighted by Gasteiger charge is 2.58. The molecule has 168 valence electrons. The van der Waals surface area contributed by atoms with Crippen molar-refractivity contribution in [1.82, 2.24) is 0 Å². The van der Waals surface area contributed by atoms with E-state index < -0.39 is 6.10 Å². The number of fused-ring (bicyclic) bond motifs is 5. The van der Waals surface area contributed by atoms with E-state index in [1.54, 1.807) is 5.57 Å². The maximum absolute atomic E-state index is 11.0. The molecule has 0 aromatic heterocycles. The van der Waals surface area contributed by atoms with Crippen molar-refractivity contribution in [3.63, 3.8) is 0 Å². The molecule has 2 nitrogen and oxygen atoms in total. The molecule has 2 heteroatoms. The average Bonchev–Trinajstić information content (AvgIpc) is 3.04. The normalized spacial score (nSPS) is 45.4. The van der Waals surface area contributed by atoms with Gasteiger partial charge >= 0.3 is 0 Å². The van der Waals surface area contributed by atoms with Crippen LogP contribution in [0, 0.1) is 46.3 Å². The zero-order valence-electron chi connectivity index (χ0n) is 20.1. The molecule has 0 saturated heterocycles. The van der Waals surface area contributed by atoms with Gasteiger partial charge in [-0.15, -0.1) is 0 Å². The van der Waals surface area contributed by atoms with Crippen LogP contribution in [0.1, 0.15) is 80.1 Å². The smallest absolute Gasteiger partial charge is 0.0661 e. The number of aliphatic hydroxyl groups is 2. The summed E-state index contributed by atoms with van der Waals surface area (Å²) in [7, 11) is 0. The highest BCUT2D eigenvalue weighted by Crippen LogP contribution is 2.66. The van der Waals surface area contributed by atoms with Gasteiger partial charge in [-0.1, -0.05) is 77.0 Å². The third kappa shape index (κ3) is 3.37. The topological polar surface area (TPSA) is 40.5 Å². The second kappa shape index (κ2) is 7.93. The van der Waals surface area contributed by atoms with E-state index in [1.165, 1.54) is 31.3 Å². The fraction of sp³-hybridized carbons (Fsp3) is 0.786. The first-order chi connectivity index (χ1) is 14.1. The summed E-state index contributed by atoms with van der Waals surface area (Å²) in [5.74, 6) is 3.80. The Hall–Kier alpha value is -0.860. The van der Waals surface area contributed by atoms with Crippen LogP contribution in [0.2, 0.25) is 0 Å². The number of hydrogen-bond donors (Lipinski definition) is 2. The minimum absolute atomic E-state index is 0.180. The standard InChI is InChI=1S/C28H44O2/c1-17(2)18(3)7-8-19(4)23-11-12-24-22-10-9-20-15-21(29)16-26(30)28(20,6)25(22)13-14-27(23,24)5/h7-10,17-19,21,23-26,29-30H,11-16H2,1-6H3/b8-7-/t18-,19?,21+,23+,24+,25-,26-,27+,28+/m0/s1. The van der Waals surface area contributed by atoms with Crippen molar-refractivity contribution in [2.24, 2.45) is 46.3 Å². The van der Waals surface area contributed by atoms with Gasteiger partial charge in [0.2, 0.25) is 0 Å². The van der Waals surface area contributed by atoms with E-state index in [-0.39, 0.29) is 11.5 Å². The third-order valence-corrected chi connectivity index (χ3v) is 10.1. The van der Waals surface area contributed by atoms with Crippen LogP contribution in [0.25, 0.3) is 0 Å². The SMILES string of the molecule is CC(/C=C\[C@H](C)C(C)C)[C@H]1CC[C@@H]2C3=CC=C4C[C@@H](O)C[C@H](O)[C@@]4(C)[C@H]3CC[C@@]21C. The number of hydrogen-bond acceptors (Lipinski definition) is 2. The largest absolute Gasteiger partial charge is 0.393 e. The molecule has 2 N–H and O–H groups in total. The van der Waals surface area contributed by atoms with Crippen LogP contribution in [0.4, 0.5) is 0 Å². The van der Waals surface area contributed by atoms with Gasteiger partial charge in [0.1, 0.15) is 0 Å². The van der Waals surface area contributed by atoms with Gasteiger partial charge in [0.05, 0.1) is 12.2 Å². The number of aliphatic hydroxyl groups excluding tert-OH is 2. The van der Waals surface area contributed by atoms with Crippen molar-refractivity contribution in [3.05, 3.63) is 35.5 Å². The zero-order valence-corrected chi connectivity index (χ0v) is 20.1. The van der Waals surface area contributed by atoms with Crippen LogP contribution in [-0.2, 0) is 0 Å². The summed E-state index contributed by atoms with van der Waals surface area (Å²) in [6.45, 7) is 14.2. The van der Waals surface area contributed by atoms with E-state index in [0.717, 1.165) is 12.3 Å². The van der Waals surface area contributed by atoms with E-state index >= 15 is 0 Å². The predicted molar refractivity (Wildman–Crippen MR) is 125 cm³/mol. The molecule has 0 aromatic rings. The summed E-state index contributed by atoms with van der Waals surface area (Å²) in [5.41, 5.74) is 3.08. The van der Waals surface area contributed by atoms with Gasteiger partial charge in [-0.05, 0) is 73.0 Å². The second-order valence-corrected chi connectivity index (χ2v) is 11.9. The van der Waals surface area contributed by atoms with Gasteiger partial charge in [0, 0.05) is 11.8 Å². The molecule has 9 atom stereocenters. The molecule has 0 radical (unpaired) electrons. The quantitative estimate of drug-likeness (QED) is 0.532. The van der Waals surface area contributed by atoms with Gasteiger partial charge < -0.3 is 10.2 Å². The molecule has 0 aliphatic heterocycles. The summed E-state index contributed by atoms with van der Waals surface area (Å²) >= 11 is 0. The molecular weight excluding hydrogens is 368 g/mol. The lowest BCUT2D eigenvalue weighted by Crippen LogP contribution is -2.52. The highest BCUT2D eigenvalue weighted by molar-refractivity contribution is 5.40. The van der Waals surface area contributed by atoms with Gasteiger partial charge in [0.15, 0.2) is 0 Å². The van der Waals surface area contributed by atoms with Crippen molar-refractivity contribution in [3.8, 4) is 0 Å². The van der Waals surface area contributed by atoms with E-state index in [4.69, 9.17) is 0 Å². The first-order valence-electron chi connectivity index (χ1n) is 12.5. The Kier molecular flexibility index (Phi) is 5.90. The minimum Gasteiger partial charge on any atom is -0.393 e. The maximum atomic E-state index is 11.0. The van der Waals surface area contributed by atoms with Crippen molar-refractivity contribution in [2.45, 2.75) is 92.3 Å². The zero-order chi connectivity index (χ0) is 21.8. The van der Waals surface area contributed by atoms with Crippen LogP contribution < -0.4 is 0 Å². The molecule has 30 heavy (non-hydrogen) atoms. The first kappa shape index (κ1) is 22.3. The van der Waals surface area contributed by atoms with Gasteiger partial charge in [0.25, 0.3) is 0 Å². The molecule has 0 spiro atoms. The lowest BCUT2D eigenvalue weighted by Gasteiger charge is -2.56. The Bertz CT molecular complexity index is 746. The molecule has 4 aliphatic carbocycles. The van der Waals surface area contributed by atoms with Crippen LogP contribution in [-0.4, -0.2) is 22.4 Å². The average molecular weight is 413 g/mol. The molecule has 3 fully saturated rings. The molecule has 1 unspecified atom stereocenters. The molecule has 0 bridgehead atoms. The summed E-state index contributed by atoms with van der Waals surface area (Å²) < 4.78 is 0. The van der Waals surface area contributed by atoms with E-state index in [9.17, 15) is 10.2 Å². The molecule has 4 rings (SSSR count). The van der Waals surface area contributed by atoms with Crippen LogP contribution >= 0.6 is 0 Å². The Morgan fingerprint density at radius 3 is 2.40 bits per heavy atom. The van der Waals surface area contributed by atoms with Crippen molar-refractivity contribution in [2.75, 3.05) is 0 Å². The monoisotopic (exact) mass is 412 g/mol. The van der Waals surface area contributed by atoms with Gasteiger partial charge in [-0.3, -0.25) is 0 Å². The first-order valence-corrected chi connectivity index (χ1v) is 12.5. The van der Waals surface area contributed by atoms with Crippen molar-refractivity contribution in [1.29, 1.82) is 0 Å². The lowest BCUT2D eigenvalue weighted by molar-refractivity contribution is -0.0537. The summed E-state index contributed by atoms with van der Waals surface area (Å²) in [5, 5.41) is 21.3. The van der Waals surface area contributed by atoms with Crippen molar-refractivity contribution >= 4 is 0 Å². The van der Waals surface area contributed by atoms with Crippen LogP contribution in [0.5, 0.6) is 0 Å². The van der Waals surface area contributed by atoms with E-state index in [0.29, 0.717) is 41.4 Å². The molecule has 0 heterocycles. The fourth-order valence-corrected chi connectivity index (χ4v) is 7.66. The maximum Gasteiger partial charge on any atom is 0.0661 e. The van der Waals surface area contributed by atoms with Crippen molar-refractivity contribution < 1.29 is 10.2 Å². The summed E-state index contributed by atoms with van der Waals surface area (Å²) in [6, 6.07) is 0. The number of rotatable bonds is 4. The molecule has 4 aliphatic rings. The Morgan fingerprint density at radius 1 is 0.967 bits per heavy atom. The Morgan fingerprint density at radius 2 is 1.70 bits per heavy atom.